The molecule has 0 radical (unpaired) electrons. The SMILES string of the molecule is O=S1(=O)CC[C@@H](S(=O)(=O)c2cccc(S(=O)(=O)N3CCCCC3)c2)C1. The lowest BCUT2D eigenvalue weighted by Crippen LogP contribution is -2.35. The highest BCUT2D eigenvalue weighted by Gasteiger charge is 2.38. The molecule has 1 atom stereocenters. The molecule has 1 aromatic rings. The van der Waals surface area contributed by atoms with Crippen LogP contribution in [0.15, 0.2) is 34.1 Å². The number of sulfonamides is 1. The maximum Gasteiger partial charge on any atom is 0.243 e. The number of hydrogen-bond acceptors (Lipinski definition) is 6. The van der Waals surface area contributed by atoms with Crippen molar-refractivity contribution in [3.05, 3.63) is 24.3 Å². The van der Waals surface area contributed by atoms with Gasteiger partial charge in [-0.2, -0.15) is 4.31 Å². The zero-order chi connectivity index (χ0) is 18.3. The van der Waals surface area contributed by atoms with E-state index in [0.29, 0.717) is 13.1 Å². The van der Waals surface area contributed by atoms with E-state index in [9.17, 15) is 25.3 Å². The van der Waals surface area contributed by atoms with E-state index in [-0.39, 0.29) is 22.0 Å². The van der Waals surface area contributed by atoms with Gasteiger partial charge < -0.3 is 0 Å². The molecule has 0 bridgehead atoms. The first-order chi connectivity index (χ1) is 11.6. The lowest BCUT2D eigenvalue weighted by atomic mass is 10.2. The van der Waals surface area contributed by atoms with Crippen molar-refractivity contribution in [3.63, 3.8) is 0 Å². The number of nitrogens with zero attached hydrogens (tertiary/aromatic N) is 1. The van der Waals surface area contributed by atoms with Gasteiger partial charge in [0.1, 0.15) is 0 Å². The molecule has 140 valence electrons. The van der Waals surface area contributed by atoms with Gasteiger partial charge in [-0.1, -0.05) is 12.5 Å². The molecule has 3 rings (SSSR count). The molecule has 10 heteroatoms. The average Bonchev–Trinajstić information content (AvgIpc) is 2.96. The highest BCUT2D eigenvalue weighted by molar-refractivity contribution is 7.96. The number of sulfone groups is 2. The molecule has 1 aromatic carbocycles. The summed E-state index contributed by atoms with van der Waals surface area (Å²) in [6.45, 7) is 0.861. The normalized spacial score (nSPS) is 25.0. The first kappa shape index (κ1) is 18.8. The summed E-state index contributed by atoms with van der Waals surface area (Å²) < 4.78 is 75.4. The van der Waals surface area contributed by atoms with Crippen LogP contribution in [-0.2, 0) is 29.7 Å². The van der Waals surface area contributed by atoms with Crippen LogP contribution >= 0.6 is 0 Å². The van der Waals surface area contributed by atoms with Gasteiger partial charge in [0.15, 0.2) is 19.7 Å². The summed E-state index contributed by atoms with van der Waals surface area (Å²) in [5.41, 5.74) is 0. The smallest absolute Gasteiger partial charge is 0.229 e. The third-order valence-electron chi connectivity index (χ3n) is 4.72. The predicted molar refractivity (Wildman–Crippen MR) is 93.3 cm³/mol. The van der Waals surface area contributed by atoms with Crippen molar-refractivity contribution in [2.24, 2.45) is 0 Å². The predicted octanol–water partition coefficient (Wildman–Crippen LogP) is 0.822. The lowest BCUT2D eigenvalue weighted by Gasteiger charge is -2.26. The molecular weight excluding hydrogens is 386 g/mol. The Morgan fingerprint density at radius 2 is 1.60 bits per heavy atom. The monoisotopic (exact) mass is 407 g/mol. The minimum absolute atomic E-state index is 0.0494. The number of piperidine rings is 1. The molecule has 2 saturated heterocycles. The summed E-state index contributed by atoms with van der Waals surface area (Å²) >= 11 is 0. The van der Waals surface area contributed by atoms with Gasteiger partial charge in [-0.3, -0.25) is 0 Å². The van der Waals surface area contributed by atoms with Gasteiger partial charge in [-0.15, -0.1) is 0 Å². The van der Waals surface area contributed by atoms with Gasteiger partial charge in [-0.25, -0.2) is 25.3 Å². The second kappa shape index (κ2) is 6.64. The molecule has 2 aliphatic heterocycles. The van der Waals surface area contributed by atoms with Gasteiger partial charge in [0.2, 0.25) is 10.0 Å². The van der Waals surface area contributed by atoms with Gasteiger partial charge in [0, 0.05) is 13.1 Å². The van der Waals surface area contributed by atoms with Crippen molar-refractivity contribution in [1.82, 2.24) is 4.31 Å². The molecule has 0 N–H and O–H groups in total. The van der Waals surface area contributed by atoms with Gasteiger partial charge in [0.25, 0.3) is 0 Å². The summed E-state index contributed by atoms with van der Waals surface area (Å²) in [6.07, 6.45) is 2.61. The maximum atomic E-state index is 12.7. The second-order valence-electron chi connectivity index (χ2n) is 6.51. The molecule has 0 aliphatic carbocycles. The second-order valence-corrected chi connectivity index (χ2v) is 12.9. The van der Waals surface area contributed by atoms with Gasteiger partial charge >= 0.3 is 0 Å². The molecule has 7 nitrogen and oxygen atoms in total. The van der Waals surface area contributed by atoms with Crippen LogP contribution in [-0.4, -0.2) is 59.4 Å². The Bertz CT molecular complexity index is 960. The van der Waals surface area contributed by atoms with Crippen molar-refractivity contribution >= 4 is 29.7 Å². The molecule has 0 unspecified atom stereocenters. The Balaban J connectivity index is 1.94. The van der Waals surface area contributed by atoms with E-state index in [4.69, 9.17) is 0 Å². The summed E-state index contributed by atoms with van der Waals surface area (Å²) in [5.74, 6) is -0.554. The molecule has 2 heterocycles. The van der Waals surface area contributed by atoms with Gasteiger partial charge in [-0.05, 0) is 37.5 Å². The number of hydrogen-bond donors (Lipinski definition) is 0. The van der Waals surface area contributed by atoms with E-state index in [1.807, 2.05) is 0 Å². The molecule has 0 amide bonds. The molecule has 2 aliphatic rings. The first-order valence-electron chi connectivity index (χ1n) is 8.17. The minimum atomic E-state index is -3.89. The van der Waals surface area contributed by atoms with Crippen molar-refractivity contribution < 1.29 is 25.3 Å². The van der Waals surface area contributed by atoms with Crippen molar-refractivity contribution in [3.8, 4) is 0 Å². The van der Waals surface area contributed by atoms with E-state index in [2.05, 4.69) is 0 Å². The quantitative estimate of drug-likeness (QED) is 0.732. The van der Waals surface area contributed by atoms with Crippen LogP contribution in [0, 0.1) is 0 Å². The summed E-state index contributed by atoms with van der Waals surface area (Å²) in [6, 6.07) is 5.27. The molecule has 0 spiro atoms. The van der Waals surface area contributed by atoms with Crippen molar-refractivity contribution in [2.75, 3.05) is 24.6 Å². The molecule has 25 heavy (non-hydrogen) atoms. The lowest BCUT2D eigenvalue weighted by molar-refractivity contribution is 0.346. The summed E-state index contributed by atoms with van der Waals surface area (Å²) in [7, 11) is -11.0. The van der Waals surface area contributed by atoms with E-state index in [1.165, 1.54) is 22.5 Å². The Hall–Kier alpha value is -0.970. The zero-order valence-corrected chi connectivity index (χ0v) is 16.1. The Labute approximate surface area is 148 Å². The average molecular weight is 408 g/mol. The fraction of sp³-hybridized carbons (Fsp3) is 0.600. The van der Waals surface area contributed by atoms with Crippen LogP contribution < -0.4 is 0 Å². The fourth-order valence-electron chi connectivity index (χ4n) is 3.26. The highest BCUT2D eigenvalue weighted by Crippen LogP contribution is 2.28. The van der Waals surface area contributed by atoms with Crippen molar-refractivity contribution in [1.29, 1.82) is 0 Å². The van der Waals surface area contributed by atoms with Crippen LogP contribution in [0.25, 0.3) is 0 Å². The Morgan fingerprint density at radius 1 is 0.960 bits per heavy atom. The standard InChI is InChI=1S/C15H21NO6S3/c17-23(18)10-7-15(12-23)24(19,20)13-5-4-6-14(11-13)25(21,22)16-8-2-1-3-9-16/h4-6,11,15H,1-3,7-10,12H2/t15-/m1/s1. The zero-order valence-electron chi connectivity index (χ0n) is 13.7. The molecule has 2 fully saturated rings. The number of benzene rings is 1. The molecule has 0 saturated carbocycles. The largest absolute Gasteiger partial charge is 0.243 e. The summed E-state index contributed by atoms with van der Waals surface area (Å²) in [5, 5.41) is -1.01. The van der Waals surface area contributed by atoms with Crippen molar-refractivity contribution in [2.45, 2.75) is 40.7 Å². The van der Waals surface area contributed by atoms with Gasteiger partial charge in [0.05, 0.1) is 26.5 Å². The topological polar surface area (TPSA) is 106 Å². The third kappa shape index (κ3) is 3.76. The minimum Gasteiger partial charge on any atom is -0.229 e. The highest BCUT2D eigenvalue weighted by atomic mass is 32.2. The molecular formula is C15H21NO6S3. The fourth-order valence-corrected chi connectivity index (χ4v) is 9.31. The van der Waals surface area contributed by atoms with E-state index < -0.39 is 40.7 Å². The third-order valence-corrected chi connectivity index (χ3v) is 10.8. The van der Waals surface area contributed by atoms with Crippen LogP contribution in [0.2, 0.25) is 0 Å². The Morgan fingerprint density at radius 3 is 2.20 bits per heavy atom. The van der Waals surface area contributed by atoms with E-state index in [1.54, 1.807) is 0 Å². The first-order valence-corrected chi connectivity index (χ1v) is 13.0. The van der Waals surface area contributed by atoms with Crippen LogP contribution in [0.3, 0.4) is 0 Å². The number of rotatable bonds is 4. The van der Waals surface area contributed by atoms with Crippen LogP contribution in [0.4, 0.5) is 0 Å². The van der Waals surface area contributed by atoms with E-state index >= 15 is 0 Å². The summed E-state index contributed by atoms with van der Waals surface area (Å²) in [4.78, 5) is -0.191. The molecule has 0 aromatic heterocycles. The van der Waals surface area contributed by atoms with Crippen LogP contribution in [0.5, 0.6) is 0 Å². The van der Waals surface area contributed by atoms with E-state index in [0.717, 1.165) is 25.3 Å². The van der Waals surface area contributed by atoms with Crippen LogP contribution in [0.1, 0.15) is 25.7 Å². The maximum absolute atomic E-state index is 12.7. The Kier molecular flexibility index (Phi) is 5.00.